The van der Waals surface area contributed by atoms with Crippen LogP contribution in [0, 0.1) is 21.8 Å². The highest BCUT2D eigenvalue weighted by Crippen LogP contribution is 2.19. The zero-order chi connectivity index (χ0) is 15.5. The Hall–Kier alpha value is -1.73. The van der Waals surface area contributed by atoms with E-state index in [0.29, 0.717) is 0 Å². The Labute approximate surface area is 128 Å². The lowest BCUT2D eigenvalue weighted by atomic mass is 9.88. The van der Waals surface area contributed by atoms with Crippen LogP contribution in [-0.2, 0) is 0 Å². The summed E-state index contributed by atoms with van der Waals surface area (Å²) in [5.41, 5.74) is 4.41. The molecule has 8 heteroatoms. The lowest BCUT2D eigenvalue weighted by molar-refractivity contribution is -0.385. The molecule has 0 radical (unpaired) electrons. The molecule has 1 aromatic rings. The van der Waals surface area contributed by atoms with Gasteiger partial charge in [-0.25, -0.2) is 4.39 Å². The molecule has 0 aliphatic carbocycles. The lowest BCUT2D eigenvalue weighted by Gasteiger charge is -2.33. The smallest absolute Gasteiger partial charge is 0.273 e. The second-order valence-electron chi connectivity index (χ2n) is 5.19. The van der Waals surface area contributed by atoms with Crippen molar-refractivity contribution >= 4 is 24.0 Å². The van der Waals surface area contributed by atoms with Crippen LogP contribution < -0.4 is 11.1 Å². The Balaban J connectivity index is 0.00000400. The van der Waals surface area contributed by atoms with Crippen LogP contribution in [-0.4, -0.2) is 22.9 Å². The summed E-state index contributed by atoms with van der Waals surface area (Å²) in [6, 6.07) is 2.76. The highest BCUT2D eigenvalue weighted by atomic mass is 35.5. The van der Waals surface area contributed by atoms with Gasteiger partial charge < -0.3 is 11.1 Å². The zero-order valence-electron chi connectivity index (χ0n) is 12.1. The SMILES string of the molecule is CC(C)C(C)(CN)NC(=O)c1cc(F)cc([N+](=O)[O-])c1.Cl. The molecule has 21 heavy (non-hydrogen) atoms. The minimum Gasteiger partial charge on any atom is -0.345 e. The number of nitrogens with two attached hydrogens (primary N) is 1. The average molecular weight is 320 g/mol. The molecule has 1 amide bonds. The molecule has 3 N–H and O–H groups in total. The Morgan fingerprint density at radius 1 is 1.48 bits per heavy atom. The number of nitrogens with zero attached hydrogens (tertiary/aromatic N) is 1. The Kier molecular flexibility index (Phi) is 6.72. The van der Waals surface area contributed by atoms with Crippen molar-refractivity contribution in [1.82, 2.24) is 5.32 Å². The predicted octanol–water partition coefficient (Wildman–Crippen LogP) is 2.26. The summed E-state index contributed by atoms with van der Waals surface area (Å²) >= 11 is 0. The van der Waals surface area contributed by atoms with Crippen LogP contribution in [0.15, 0.2) is 18.2 Å². The number of nitro groups is 1. The minimum absolute atomic E-state index is 0. The lowest BCUT2D eigenvalue weighted by Crippen LogP contribution is -2.55. The van der Waals surface area contributed by atoms with Crippen molar-refractivity contribution < 1.29 is 14.1 Å². The number of non-ortho nitro benzene ring substituents is 1. The van der Waals surface area contributed by atoms with E-state index in [4.69, 9.17) is 5.73 Å². The number of amides is 1. The van der Waals surface area contributed by atoms with Crippen molar-refractivity contribution in [3.8, 4) is 0 Å². The first-order valence-corrected chi connectivity index (χ1v) is 6.17. The molecule has 6 nitrogen and oxygen atoms in total. The van der Waals surface area contributed by atoms with Crippen LogP contribution in [0.5, 0.6) is 0 Å². The first kappa shape index (κ1) is 19.3. The maximum atomic E-state index is 13.3. The van der Waals surface area contributed by atoms with Crippen molar-refractivity contribution in [3.05, 3.63) is 39.7 Å². The van der Waals surface area contributed by atoms with Crippen LogP contribution in [0.1, 0.15) is 31.1 Å². The van der Waals surface area contributed by atoms with Crippen LogP contribution in [0.2, 0.25) is 0 Å². The van der Waals surface area contributed by atoms with Crippen molar-refractivity contribution in [1.29, 1.82) is 0 Å². The second kappa shape index (κ2) is 7.33. The molecule has 0 saturated heterocycles. The van der Waals surface area contributed by atoms with Crippen molar-refractivity contribution in [2.45, 2.75) is 26.3 Å². The number of nitrogens with one attached hydrogen (secondary N) is 1. The van der Waals surface area contributed by atoms with Crippen molar-refractivity contribution in [3.63, 3.8) is 0 Å². The van der Waals surface area contributed by atoms with Gasteiger partial charge in [-0.1, -0.05) is 13.8 Å². The van der Waals surface area contributed by atoms with Gasteiger partial charge in [-0.05, 0) is 18.9 Å². The van der Waals surface area contributed by atoms with E-state index < -0.39 is 27.9 Å². The average Bonchev–Trinajstić information content (AvgIpc) is 2.37. The Morgan fingerprint density at radius 3 is 2.48 bits per heavy atom. The third-order valence-electron chi connectivity index (χ3n) is 3.45. The Bertz CT molecular complexity index is 539. The summed E-state index contributed by atoms with van der Waals surface area (Å²) in [6.07, 6.45) is 0. The molecule has 1 unspecified atom stereocenters. The van der Waals surface area contributed by atoms with E-state index in [2.05, 4.69) is 5.32 Å². The number of halogens is 2. The van der Waals surface area contributed by atoms with Gasteiger partial charge in [-0.3, -0.25) is 14.9 Å². The summed E-state index contributed by atoms with van der Waals surface area (Å²) in [6.45, 7) is 5.75. The third kappa shape index (κ3) is 4.64. The monoisotopic (exact) mass is 319 g/mol. The third-order valence-corrected chi connectivity index (χ3v) is 3.45. The molecule has 0 aromatic heterocycles. The molecule has 0 spiro atoms. The second-order valence-corrected chi connectivity index (χ2v) is 5.19. The van der Waals surface area contributed by atoms with Gasteiger partial charge in [-0.2, -0.15) is 0 Å². The number of carbonyl (C=O) groups is 1. The fourth-order valence-corrected chi connectivity index (χ4v) is 1.57. The quantitative estimate of drug-likeness (QED) is 0.642. The molecule has 0 saturated carbocycles. The van der Waals surface area contributed by atoms with Gasteiger partial charge >= 0.3 is 0 Å². The molecular formula is C13H19ClFN3O3. The van der Waals surface area contributed by atoms with Gasteiger partial charge in [0.15, 0.2) is 0 Å². The van der Waals surface area contributed by atoms with E-state index in [1.807, 2.05) is 13.8 Å². The molecule has 1 aromatic carbocycles. The summed E-state index contributed by atoms with van der Waals surface area (Å²) < 4.78 is 13.3. The molecule has 0 fully saturated rings. The highest BCUT2D eigenvalue weighted by Gasteiger charge is 2.29. The molecule has 118 valence electrons. The molecule has 1 rings (SSSR count). The molecule has 0 aliphatic rings. The standard InChI is InChI=1S/C13H18FN3O3.ClH/c1-8(2)13(3,7-15)16-12(18)9-4-10(14)6-11(5-9)17(19)20;/h4-6,8H,7,15H2,1-3H3,(H,16,18);1H. The number of rotatable bonds is 5. The van der Waals surface area contributed by atoms with Gasteiger partial charge in [0.1, 0.15) is 5.82 Å². The van der Waals surface area contributed by atoms with Gasteiger partial charge in [0.2, 0.25) is 0 Å². The van der Waals surface area contributed by atoms with E-state index in [0.717, 1.165) is 18.2 Å². The van der Waals surface area contributed by atoms with E-state index in [1.165, 1.54) is 0 Å². The number of benzene rings is 1. The van der Waals surface area contributed by atoms with E-state index >= 15 is 0 Å². The fourth-order valence-electron chi connectivity index (χ4n) is 1.57. The van der Waals surface area contributed by atoms with Crippen LogP contribution in [0.3, 0.4) is 0 Å². The number of hydrogen-bond donors (Lipinski definition) is 2. The van der Waals surface area contributed by atoms with Crippen LogP contribution >= 0.6 is 12.4 Å². The van der Waals surface area contributed by atoms with Gasteiger partial charge in [0, 0.05) is 18.2 Å². The maximum Gasteiger partial charge on any atom is 0.273 e. The Morgan fingerprint density at radius 2 is 2.05 bits per heavy atom. The summed E-state index contributed by atoms with van der Waals surface area (Å²) in [5.74, 6) is -1.36. The molecule has 0 bridgehead atoms. The normalized spacial score (nSPS) is 13.2. The highest BCUT2D eigenvalue weighted by molar-refractivity contribution is 5.95. The van der Waals surface area contributed by atoms with Crippen LogP contribution in [0.4, 0.5) is 10.1 Å². The topological polar surface area (TPSA) is 98.3 Å². The molecular weight excluding hydrogens is 301 g/mol. The van der Waals surface area contributed by atoms with Gasteiger partial charge in [0.25, 0.3) is 11.6 Å². The fraction of sp³-hybridized carbons (Fsp3) is 0.462. The number of nitro benzene ring substituents is 1. The van der Waals surface area contributed by atoms with Gasteiger partial charge in [0.05, 0.1) is 16.5 Å². The first-order valence-electron chi connectivity index (χ1n) is 6.17. The predicted molar refractivity (Wildman–Crippen MR) is 80.1 cm³/mol. The van der Waals surface area contributed by atoms with Gasteiger partial charge in [-0.15, -0.1) is 12.4 Å². The van der Waals surface area contributed by atoms with Crippen LogP contribution in [0.25, 0.3) is 0 Å². The number of carbonyl (C=O) groups excluding carboxylic acids is 1. The van der Waals surface area contributed by atoms with E-state index in [-0.39, 0.29) is 30.4 Å². The van der Waals surface area contributed by atoms with E-state index in [9.17, 15) is 19.3 Å². The zero-order valence-corrected chi connectivity index (χ0v) is 12.9. The van der Waals surface area contributed by atoms with Crippen molar-refractivity contribution in [2.75, 3.05) is 6.54 Å². The molecule has 0 heterocycles. The molecule has 0 aliphatic heterocycles. The summed E-state index contributed by atoms with van der Waals surface area (Å²) in [5, 5.41) is 13.4. The van der Waals surface area contributed by atoms with E-state index in [1.54, 1.807) is 6.92 Å². The maximum absolute atomic E-state index is 13.3. The first-order chi connectivity index (χ1) is 9.19. The van der Waals surface area contributed by atoms with Crippen molar-refractivity contribution in [2.24, 2.45) is 11.7 Å². The minimum atomic E-state index is -0.830. The summed E-state index contributed by atoms with van der Waals surface area (Å²) in [7, 11) is 0. The summed E-state index contributed by atoms with van der Waals surface area (Å²) in [4.78, 5) is 22.0. The number of hydrogen-bond acceptors (Lipinski definition) is 4. The largest absolute Gasteiger partial charge is 0.345 e. The molecule has 1 atom stereocenters.